The lowest BCUT2D eigenvalue weighted by Gasteiger charge is -2.15. The summed E-state index contributed by atoms with van der Waals surface area (Å²) >= 11 is 0. The van der Waals surface area contributed by atoms with Gasteiger partial charge in [0.05, 0.1) is 14.2 Å². The fourth-order valence-electron chi connectivity index (χ4n) is 5.52. The molecule has 0 amide bonds. The van der Waals surface area contributed by atoms with Gasteiger partial charge in [-0.15, -0.1) is 0 Å². The highest BCUT2D eigenvalue weighted by Gasteiger charge is 2.20. The monoisotopic (exact) mass is 704 g/mol. The fraction of sp³-hybridized carbons (Fsp3) is 0.100. The number of benzene rings is 6. The molecule has 50 heavy (non-hydrogen) atoms. The molecule has 0 fully saturated rings. The van der Waals surface area contributed by atoms with Gasteiger partial charge in [0.15, 0.2) is 0 Å². The zero-order valence-corrected chi connectivity index (χ0v) is 29.7. The lowest BCUT2D eigenvalue weighted by molar-refractivity contribution is 0.413. The van der Waals surface area contributed by atoms with Gasteiger partial charge in [0, 0.05) is 32.7 Å². The van der Waals surface area contributed by atoms with Gasteiger partial charge < -0.3 is 35.3 Å². The number of rotatable bonds is 7. The lowest BCUT2D eigenvalue weighted by Crippen LogP contribution is -1.93. The van der Waals surface area contributed by atoms with E-state index in [1.54, 1.807) is 14.2 Å². The van der Waals surface area contributed by atoms with Gasteiger partial charge in [-0.05, 0) is 60.7 Å². The van der Waals surface area contributed by atoms with E-state index in [-0.39, 0.29) is 0 Å². The zero-order valence-electron chi connectivity index (χ0n) is 27.9. The first-order valence-electron chi connectivity index (χ1n) is 16.1. The van der Waals surface area contributed by atoms with Crippen LogP contribution >= 0.6 is 16.5 Å². The predicted molar refractivity (Wildman–Crippen MR) is 201 cm³/mol. The van der Waals surface area contributed by atoms with E-state index in [9.17, 15) is 0 Å². The molecule has 8 aromatic rings. The van der Waals surface area contributed by atoms with Crippen molar-refractivity contribution in [2.75, 3.05) is 14.2 Å². The first-order chi connectivity index (χ1) is 24.7. The van der Waals surface area contributed by atoms with Crippen molar-refractivity contribution < 1.29 is 35.3 Å². The molecule has 0 atom stereocenters. The average molecular weight is 705 g/mol. The molecule has 10 heteroatoms. The largest absolute Gasteiger partial charge is 0.497 e. The molecule has 252 valence electrons. The number of hydrogen-bond donors (Lipinski definition) is 0. The fourth-order valence-corrected chi connectivity index (χ4v) is 7.66. The highest BCUT2D eigenvalue weighted by Crippen LogP contribution is 2.47. The molecule has 8 rings (SSSR count). The molecule has 8 nitrogen and oxygen atoms in total. The van der Waals surface area contributed by atoms with Crippen LogP contribution < -0.4 is 18.5 Å². The van der Waals surface area contributed by atoms with Crippen molar-refractivity contribution in [3.63, 3.8) is 0 Å². The summed E-state index contributed by atoms with van der Waals surface area (Å²) in [6, 6.07) is 42.3. The minimum atomic E-state index is -1.93. The second-order valence-corrected chi connectivity index (χ2v) is 12.7. The molecule has 0 aliphatic heterocycles. The van der Waals surface area contributed by atoms with Gasteiger partial charge in [0.2, 0.25) is 0 Å². The van der Waals surface area contributed by atoms with Crippen molar-refractivity contribution in [3.05, 3.63) is 133 Å². The van der Waals surface area contributed by atoms with E-state index in [1.807, 2.05) is 147 Å². The Morgan fingerprint density at radius 1 is 0.400 bits per heavy atom. The number of methoxy groups -OCH3 is 2. The van der Waals surface area contributed by atoms with Crippen LogP contribution in [0.2, 0.25) is 0 Å². The zero-order chi connectivity index (χ0) is 34.5. The summed E-state index contributed by atoms with van der Waals surface area (Å²) in [6.45, 7) is 4.00. The summed E-state index contributed by atoms with van der Waals surface area (Å²) in [5.41, 5.74) is 3.99. The number of ether oxygens (including phenoxy) is 2. The van der Waals surface area contributed by atoms with Crippen LogP contribution in [0, 0.1) is 0 Å². The average Bonchev–Trinajstić information content (AvgIpc) is 3.43. The van der Waals surface area contributed by atoms with Crippen molar-refractivity contribution in [2.45, 2.75) is 13.8 Å². The Balaban J connectivity index is 0.00000193. The maximum absolute atomic E-state index is 6.58. The predicted octanol–water partition coefficient (Wildman–Crippen LogP) is 13.3. The SMILES string of the molecule is CC.COc1ccc(Op2oc3ccccc3c3ccccc3o2)c(-c2cc(OC)ccc2Op2oc3ccccc3c3ccccc3o2)c1. The van der Waals surface area contributed by atoms with E-state index >= 15 is 0 Å². The van der Waals surface area contributed by atoms with E-state index in [4.69, 9.17) is 35.3 Å². The summed E-state index contributed by atoms with van der Waals surface area (Å²) < 4.78 is 49.9. The van der Waals surface area contributed by atoms with Gasteiger partial charge in [-0.25, -0.2) is 0 Å². The van der Waals surface area contributed by atoms with Crippen molar-refractivity contribution in [1.82, 2.24) is 0 Å². The van der Waals surface area contributed by atoms with Crippen LogP contribution in [0.1, 0.15) is 13.8 Å². The highest BCUT2D eigenvalue weighted by atomic mass is 31.1. The van der Waals surface area contributed by atoms with Gasteiger partial charge in [-0.3, -0.25) is 0 Å². The normalized spacial score (nSPS) is 10.8. The molecule has 0 unspecified atom stereocenters. The van der Waals surface area contributed by atoms with Crippen LogP contribution in [0.4, 0.5) is 0 Å². The molecule has 0 saturated heterocycles. The quantitative estimate of drug-likeness (QED) is 0.162. The first kappa shape index (κ1) is 32.8. The van der Waals surface area contributed by atoms with E-state index in [1.165, 1.54) is 0 Å². The molecule has 0 aliphatic carbocycles. The maximum atomic E-state index is 6.58. The van der Waals surface area contributed by atoms with Crippen molar-refractivity contribution >= 4 is 60.4 Å². The summed E-state index contributed by atoms with van der Waals surface area (Å²) in [4.78, 5) is 0. The Labute approximate surface area is 290 Å². The number of para-hydroxylation sites is 4. The molecule has 0 saturated carbocycles. The van der Waals surface area contributed by atoms with Gasteiger partial charge in [-0.1, -0.05) is 86.6 Å². The van der Waals surface area contributed by atoms with E-state index < -0.39 is 16.5 Å². The van der Waals surface area contributed by atoms with Gasteiger partial charge in [0.25, 0.3) is 0 Å². The Kier molecular flexibility index (Phi) is 9.75. The molecule has 0 bridgehead atoms. The second kappa shape index (κ2) is 14.8. The standard InChI is InChI=1S/C38H28O8P2.C2H6/c1-39-25-19-21-37(45-47-41-33-15-7-3-11-27(33)28-12-4-8-16-34(28)42-47)31(23-25)32-24-26(40-2)20-22-38(32)46-48-43-35-17-9-5-13-29(35)30-14-6-10-18-36(30)44-48;1-2/h3-24H,1-2H3;1-2H3. The molecular formula is C40H34O8P2. The molecule has 0 radical (unpaired) electrons. The first-order valence-corrected chi connectivity index (χ1v) is 18.3. The minimum absolute atomic E-state index is 0.489. The topological polar surface area (TPSA) is 89.5 Å². The smallest absolute Gasteiger partial charge is 0.453 e. The van der Waals surface area contributed by atoms with Gasteiger partial charge >= 0.3 is 16.5 Å². The van der Waals surface area contributed by atoms with E-state index in [2.05, 4.69) is 0 Å². The number of fused-ring (bicyclic) bond motifs is 6. The third-order valence-corrected chi connectivity index (χ3v) is 9.90. The van der Waals surface area contributed by atoms with Crippen LogP contribution in [0.25, 0.3) is 55.0 Å². The lowest BCUT2D eigenvalue weighted by atomic mass is 10.0. The third kappa shape index (κ3) is 6.64. The molecule has 2 aromatic heterocycles. The number of hydrogen-bond acceptors (Lipinski definition) is 8. The van der Waals surface area contributed by atoms with Crippen molar-refractivity contribution in [1.29, 1.82) is 0 Å². The van der Waals surface area contributed by atoms with Crippen LogP contribution in [0.5, 0.6) is 23.0 Å². The maximum Gasteiger partial charge on any atom is 0.453 e. The van der Waals surface area contributed by atoms with E-state index in [0.717, 1.165) is 21.5 Å². The summed E-state index contributed by atoms with van der Waals surface area (Å²) in [5, 5.41) is 3.70. The molecular weight excluding hydrogens is 670 g/mol. The molecule has 0 aliphatic rings. The van der Waals surface area contributed by atoms with Crippen molar-refractivity contribution in [2.24, 2.45) is 0 Å². The van der Waals surface area contributed by atoms with Crippen LogP contribution in [0.15, 0.2) is 150 Å². The Morgan fingerprint density at radius 3 is 1.00 bits per heavy atom. The van der Waals surface area contributed by atoms with Gasteiger partial charge in [-0.2, -0.15) is 0 Å². The minimum Gasteiger partial charge on any atom is -0.497 e. The van der Waals surface area contributed by atoms with Crippen LogP contribution in [-0.4, -0.2) is 14.2 Å². The molecule has 6 aromatic carbocycles. The molecule has 0 spiro atoms. The van der Waals surface area contributed by atoms with Crippen LogP contribution in [0.3, 0.4) is 0 Å². The van der Waals surface area contributed by atoms with Gasteiger partial charge in [0.1, 0.15) is 45.3 Å². The molecule has 0 N–H and O–H groups in total. The summed E-state index contributed by atoms with van der Waals surface area (Å²) in [6.07, 6.45) is 0. The Morgan fingerprint density at radius 2 is 0.700 bits per heavy atom. The molecule has 2 heterocycles. The Hall–Kier alpha value is -5.68. The summed E-state index contributed by atoms with van der Waals surface area (Å²) in [7, 11) is -0.622. The van der Waals surface area contributed by atoms with Crippen molar-refractivity contribution in [3.8, 4) is 34.1 Å². The highest BCUT2D eigenvalue weighted by molar-refractivity contribution is 7.32. The Bertz CT molecular complexity index is 2230. The summed E-state index contributed by atoms with van der Waals surface area (Å²) in [5.74, 6) is 2.21. The van der Waals surface area contributed by atoms with E-state index in [0.29, 0.717) is 56.5 Å². The third-order valence-electron chi connectivity index (χ3n) is 7.83. The second-order valence-electron chi connectivity index (χ2n) is 10.7. The van der Waals surface area contributed by atoms with Crippen LogP contribution in [-0.2, 0) is 0 Å².